The van der Waals surface area contributed by atoms with Crippen LogP contribution in [-0.2, 0) is 4.79 Å². The van der Waals surface area contributed by atoms with E-state index in [0.717, 1.165) is 5.56 Å². The molecule has 0 unspecified atom stereocenters. The summed E-state index contributed by atoms with van der Waals surface area (Å²) in [5.74, 6) is 1.48. The predicted octanol–water partition coefficient (Wildman–Crippen LogP) is 4.90. The molecule has 1 aliphatic heterocycles. The SMILES string of the molecule is COc1ccc(/C=C2/N=C(c3ccc(Cl)cc3)N(c3ccc(O)cc3)C2=O)c(OC)c1. The molecule has 1 aliphatic rings. The molecule has 0 radical (unpaired) electrons. The lowest BCUT2D eigenvalue weighted by Crippen LogP contribution is -2.32. The second-order valence-electron chi connectivity index (χ2n) is 6.74. The second-order valence-corrected chi connectivity index (χ2v) is 7.17. The van der Waals surface area contributed by atoms with Gasteiger partial charge in [-0.25, -0.2) is 4.99 Å². The lowest BCUT2D eigenvalue weighted by molar-refractivity contribution is -0.113. The molecule has 0 saturated carbocycles. The van der Waals surface area contributed by atoms with Gasteiger partial charge in [0, 0.05) is 22.2 Å². The highest BCUT2D eigenvalue weighted by Gasteiger charge is 2.32. The van der Waals surface area contributed by atoms with Crippen LogP contribution in [0.3, 0.4) is 0 Å². The number of ether oxygens (including phenoxy) is 2. The number of halogens is 1. The summed E-state index contributed by atoms with van der Waals surface area (Å²) in [6.07, 6.45) is 1.68. The summed E-state index contributed by atoms with van der Waals surface area (Å²) in [5.41, 5.74) is 2.26. The van der Waals surface area contributed by atoms with E-state index >= 15 is 0 Å². The average Bonchev–Trinajstić information content (AvgIpc) is 3.11. The van der Waals surface area contributed by atoms with Crippen LogP contribution in [0.25, 0.3) is 6.08 Å². The van der Waals surface area contributed by atoms with E-state index in [4.69, 9.17) is 21.1 Å². The van der Waals surface area contributed by atoms with Crippen LogP contribution in [0, 0.1) is 0 Å². The highest BCUT2D eigenvalue weighted by molar-refractivity contribution is 6.34. The second kappa shape index (κ2) is 8.53. The van der Waals surface area contributed by atoms with Crippen LogP contribution < -0.4 is 14.4 Å². The Bertz CT molecular complexity index is 1190. The molecule has 0 spiro atoms. The number of aliphatic imine (C=N–C) groups is 1. The van der Waals surface area contributed by atoms with Crippen LogP contribution in [-0.4, -0.2) is 31.1 Å². The molecule has 0 aliphatic carbocycles. The molecule has 31 heavy (non-hydrogen) atoms. The molecule has 156 valence electrons. The first kappa shape index (κ1) is 20.5. The third-order valence-electron chi connectivity index (χ3n) is 4.80. The fourth-order valence-corrected chi connectivity index (χ4v) is 3.36. The molecule has 4 rings (SSSR count). The Morgan fingerprint density at radius 2 is 1.68 bits per heavy atom. The maximum atomic E-state index is 13.4. The first-order chi connectivity index (χ1) is 15.0. The van der Waals surface area contributed by atoms with Crippen molar-refractivity contribution in [3.8, 4) is 17.2 Å². The number of carbonyl (C=O) groups excluding carboxylic acids is 1. The van der Waals surface area contributed by atoms with Gasteiger partial charge in [-0.1, -0.05) is 11.6 Å². The molecule has 1 heterocycles. The minimum Gasteiger partial charge on any atom is -0.508 e. The number of rotatable bonds is 5. The number of amides is 1. The number of phenolic OH excluding ortho intramolecular Hbond substituents is 1. The van der Waals surface area contributed by atoms with Crippen molar-refractivity contribution in [3.63, 3.8) is 0 Å². The highest BCUT2D eigenvalue weighted by atomic mass is 35.5. The maximum absolute atomic E-state index is 13.4. The van der Waals surface area contributed by atoms with Crippen molar-refractivity contribution < 1.29 is 19.4 Å². The summed E-state index contributed by atoms with van der Waals surface area (Å²) in [6, 6.07) is 18.8. The Balaban J connectivity index is 1.82. The molecule has 3 aromatic carbocycles. The third-order valence-corrected chi connectivity index (χ3v) is 5.06. The van der Waals surface area contributed by atoms with E-state index in [0.29, 0.717) is 33.6 Å². The van der Waals surface area contributed by atoms with Crippen molar-refractivity contribution in [2.45, 2.75) is 0 Å². The molecule has 6 nitrogen and oxygen atoms in total. The van der Waals surface area contributed by atoms with Crippen LogP contribution in [0.2, 0.25) is 5.02 Å². The summed E-state index contributed by atoms with van der Waals surface area (Å²) in [4.78, 5) is 19.5. The molecule has 0 saturated heterocycles. The lowest BCUT2D eigenvalue weighted by atomic mass is 10.1. The number of nitrogens with zero attached hydrogens (tertiary/aromatic N) is 2. The smallest absolute Gasteiger partial charge is 0.282 e. The van der Waals surface area contributed by atoms with E-state index in [1.165, 1.54) is 17.0 Å². The van der Waals surface area contributed by atoms with Gasteiger partial charge in [0.2, 0.25) is 0 Å². The van der Waals surface area contributed by atoms with Crippen molar-refractivity contribution in [1.29, 1.82) is 0 Å². The zero-order valence-corrected chi connectivity index (χ0v) is 17.6. The lowest BCUT2D eigenvalue weighted by Gasteiger charge is -2.18. The van der Waals surface area contributed by atoms with Gasteiger partial charge in [0.15, 0.2) is 0 Å². The Morgan fingerprint density at radius 3 is 2.32 bits per heavy atom. The van der Waals surface area contributed by atoms with Crippen LogP contribution >= 0.6 is 11.6 Å². The van der Waals surface area contributed by atoms with E-state index in [-0.39, 0.29) is 17.4 Å². The van der Waals surface area contributed by atoms with Gasteiger partial charge in [-0.15, -0.1) is 0 Å². The minimum absolute atomic E-state index is 0.110. The van der Waals surface area contributed by atoms with Gasteiger partial charge in [-0.05, 0) is 66.7 Å². The number of hydrogen-bond donors (Lipinski definition) is 1. The molecule has 0 fully saturated rings. The van der Waals surface area contributed by atoms with E-state index in [9.17, 15) is 9.90 Å². The summed E-state index contributed by atoms with van der Waals surface area (Å²) in [6.45, 7) is 0. The Hall–Kier alpha value is -3.77. The quantitative estimate of drug-likeness (QED) is 0.580. The molecular weight excluding hydrogens is 416 g/mol. The predicted molar refractivity (Wildman–Crippen MR) is 121 cm³/mol. The van der Waals surface area contributed by atoms with Crippen LogP contribution in [0.4, 0.5) is 5.69 Å². The van der Waals surface area contributed by atoms with E-state index in [1.54, 1.807) is 74.9 Å². The van der Waals surface area contributed by atoms with Gasteiger partial charge in [0.1, 0.15) is 28.8 Å². The third kappa shape index (κ3) is 4.11. The van der Waals surface area contributed by atoms with Crippen molar-refractivity contribution in [2.24, 2.45) is 4.99 Å². The summed E-state index contributed by atoms with van der Waals surface area (Å²) in [5, 5.41) is 10.2. The number of anilines is 1. The fourth-order valence-electron chi connectivity index (χ4n) is 3.24. The number of benzene rings is 3. The molecule has 7 heteroatoms. The van der Waals surface area contributed by atoms with Gasteiger partial charge in [0.05, 0.1) is 19.9 Å². The molecule has 0 bridgehead atoms. The standard InChI is InChI=1S/C24H19ClN2O4/c1-30-20-12-5-16(22(14-20)31-2)13-21-24(29)27(18-8-10-19(28)11-9-18)23(26-21)15-3-6-17(25)7-4-15/h3-14,28H,1-2H3/b21-13+. The number of aromatic hydroxyl groups is 1. The minimum atomic E-state index is -0.298. The summed E-state index contributed by atoms with van der Waals surface area (Å²) >= 11 is 6.03. The van der Waals surface area contributed by atoms with E-state index in [1.807, 2.05) is 0 Å². The van der Waals surface area contributed by atoms with Gasteiger partial charge in [0.25, 0.3) is 5.91 Å². The largest absolute Gasteiger partial charge is 0.508 e. The van der Waals surface area contributed by atoms with E-state index in [2.05, 4.69) is 4.99 Å². The van der Waals surface area contributed by atoms with Crippen molar-refractivity contribution in [3.05, 3.63) is 88.6 Å². The topological polar surface area (TPSA) is 71.4 Å². The highest BCUT2D eigenvalue weighted by Crippen LogP contribution is 2.32. The first-order valence-corrected chi connectivity index (χ1v) is 9.80. The van der Waals surface area contributed by atoms with Gasteiger partial charge >= 0.3 is 0 Å². The zero-order chi connectivity index (χ0) is 22.0. The molecule has 1 amide bonds. The maximum Gasteiger partial charge on any atom is 0.282 e. The van der Waals surface area contributed by atoms with E-state index < -0.39 is 0 Å². The number of methoxy groups -OCH3 is 2. The van der Waals surface area contributed by atoms with Gasteiger partial charge < -0.3 is 14.6 Å². The van der Waals surface area contributed by atoms with Gasteiger partial charge in [-0.3, -0.25) is 9.69 Å². The monoisotopic (exact) mass is 434 g/mol. The summed E-state index contributed by atoms with van der Waals surface area (Å²) in [7, 11) is 3.13. The van der Waals surface area contributed by atoms with Crippen molar-refractivity contribution >= 4 is 35.1 Å². The number of carbonyl (C=O) groups is 1. The molecule has 1 N–H and O–H groups in total. The zero-order valence-electron chi connectivity index (χ0n) is 16.9. The van der Waals surface area contributed by atoms with Crippen LogP contribution in [0.1, 0.15) is 11.1 Å². The Kier molecular flexibility index (Phi) is 5.64. The van der Waals surface area contributed by atoms with Gasteiger partial charge in [-0.2, -0.15) is 0 Å². The molecule has 0 atom stereocenters. The first-order valence-electron chi connectivity index (χ1n) is 9.42. The van der Waals surface area contributed by atoms with Crippen LogP contribution in [0.5, 0.6) is 17.2 Å². The molecule has 0 aromatic heterocycles. The fraction of sp³-hybridized carbons (Fsp3) is 0.0833. The van der Waals surface area contributed by atoms with Crippen molar-refractivity contribution in [2.75, 3.05) is 19.1 Å². The number of phenols is 1. The molecule has 3 aromatic rings. The average molecular weight is 435 g/mol. The molecular formula is C24H19ClN2O4. The normalized spacial score (nSPS) is 14.7. The summed E-state index contributed by atoms with van der Waals surface area (Å²) < 4.78 is 10.7. The Morgan fingerprint density at radius 1 is 0.968 bits per heavy atom. The Labute approximate surface area is 184 Å². The van der Waals surface area contributed by atoms with Crippen molar-refractivity contribution in [1.82, 2.24) is 0 Å². The number of amidine groups is 1. The number of hydrogen-bond acceptors (Lipinski definition) is 5. The van der Waals surface area contributed by atoms with Crippen LogP contribution in [0.15, 0.2) is 77.4 Å².